The molecule has 0 spiro atoms. The summed E-state index contributed by atoms with van der Waals surface area (Å²) in [4.78, 5) is 4.42. The van der Waals surface area contributed by atoms with Crippen molar-refractivity contribution in [3.05, 3.63) is 35.9 Å². The Kier molecular flexibility index (Phi) is 7.76. The second kappa shape index (κ2) is 9.81. The Labute approximate surface area is 153 Å². The van der Waals surface area contributed by atoms with Crippen LogP contribution in [0.2, 0.25) is 0 Å². The van der Waals surface area contributed by atoms with Gasteiger partial charge in [0.25, 0.3) is 0 Å². The zero-order chi connectivity index (χ0) is 18.1. The predicted octanol–water partition coefficient (Wildman–Crippen LogP) is 3.80. The predicted molar refractivity (Wildman–Crippen MR) is 106 cm³/mol. The molecule has 0 heterocycles. The van der Waals surface area contributed by atoms with E-state index in [0.29, 0.717) is 17.3 Å². The van der Waals surface area contributed by atoms with Crippen LogP contribution in [0.4, 0.5) is 0 Å². The standard InChI is InChI=1S/C21H35N3O/c1-17(2)19(18-9-6-5-7-10-18)15-23-20(22-3)24-16-21(11-8-12-21)13-14-25-4/h5-7,9-10,17,19H,8,11-16H2,1-4H3,(H2,22,23,24). The van der Waals surface area contributed by atoms with Gasteiger partial charge in [-0.2, -0.15) is 0 Å². The van der Waals surface area contributed by atoms with E-state index in [9.17, 15) is 0 Å². The fourth-order valence-electron chi connectivity index (χ4n) is 3.65. The summed E-state index contributed by atoms with van der Waals surface area (Å²) in [5.74, 6) is 1.96. The Hall–Kier alpha value is -1.55. The van der Waals surface area contributed by atoms with Crippen molar-refractivity contribution >= 4 is 5.96 Å². The fourth-order valence-corrected chi connectivity index (χ4v) is 3.65. The molecule has 1 aromatic rings. The van der Waals surface area contributed by atoms with Crippen molar-refractivity contribution < 1.29 is 4.74 Å². The van der Waals surface area contributed by atoms with Crippen LogP contribution in [0.1, 0.15) is 51.0 Å². The number of nitrogens with one attached hydrogen (secondary N) is 2. The molecule has 1 aliphatic carbocycles. The molecule has 1 saturated carbocycles. The molecule has 1 aromatic carbocycles. The number of ether oxygens (including phenoxy) is 1. The number of hydrogen-bond donors (Lipinski definition) is 2. The summed E-state index contributed by atoms with van der Waals surface area (Å²) in [5, 5.41) is 7.08. The number of rotatable bonds is 9. The first-order chi connectivity index (χ1) is 12.1. The molecule has 1 atom stereocenters. The summed E-state index contributed by atoms with van der Waals surface area (Å²) in [6.07, 6.45) is 5.05. The maximum Gasteiger partial charge on any atom is 0.191 e. The molecule has 1 unspecified atom stereocenters. The molecule has 0 aromatic heterocycles. The molecular weight excluding hydrogens is 310 g/mol. The number of methoxy groups -OCH3 is 1. The third-order valence-electron chi connectivity index (χ3n) is 5.63. The number of guanidine groups is 1. The summed E-state index contributed by atoms with van der Waals surface area (Å²) < 4.78 is 5.29. The molecule has 0 radical (unpaired) electrons. The highest BCUT2D eigenvalue weighted by atomic mass is 16.5. The van der Waals surface area contributed by atoms with E-state index in [1.54, 1.807) is 7.11 Å². The van der Waals surface area contributed by atoms with Gasteiger partial charge in [-0.1, -0.05) is 50.6 Å². The van der Waals surface area contributed by atoms with Crippen molar-refractivity contribution in [3.8, 4) is 0 Å². The van der Waals surface area contributed by atoms with Crippen molar-refractivity contribution in [1.82, 2.24) is 10.6 Å². The van der Waals surface area contributed by atoms with E-state index in [1.165, 1.54) is 24.8 Å². The topological polar surface area (TPSA) is 45.7 Å². The van der Waals surface area contributed by atoms with Crippen LogP contribution in [0.3, 0.4) is 0 Å². The Morgan fingerprint density at radius 2 is 1.92 bits per heavy atom. The van der Waals surface area contributed by atoms with Crippen molar-refractivity contribution in [2.45, 2.75) is 45.4 Å². The summed E-state index contributed by atoms with van der Waals surface area (Å²) in [7, 11) is 3.64. The molecule has 1 aliphatic rings. The quantitative estimate of drug-likeness (QED) is 0.529. The van der Waals surface area contributed by atoms with Gasteiger partial charge in [-0.15, -0.1) is 0 Å². The van der Waals surface area contributed by atoms with Crippen LogP contribution in [0.15, 0.2) is 35.3 Å². The minimum Gasteiger partial charge on any atom is -0.385 e. The van der Waals surface area contributed by atoms with E-state index in [0.717, 1.165) is 32.1 Å². The van der Waals surface area contributed by atoms with E-state index < -0.39 is 0 Å². The summed E-state index contributed by atoms with van der Waals surface area (Å²) >= 11 is 0. The molecule has 0 aliphatic heterocycles. The van der Waals surface area contributed by atoms with Gasteiger partial charge in [0.2, 0.25) is 0 Å². The van der Waals surface area contributed by atoms with Crippen molar-refractivity contribution in [2.24, 2.45) is 16.3 Å². The van der Waals surface area contributed by atoms with Crippen LogP contribution in [0, 0.1) is 11.3 Å². The van der Waals surface area contributed by atoms with Crippen LogP contribution in [0.25, 0.3) is 0 Å². The number of aliphatic imine (C=N–C) groups is 1. The molecule has 0 amide bonds. The number of hydrogen-bond acceptors (Lipinski definition) is 2. The zero-order valence-corrected chi connectivity index (χ0v) is 16.3. The first-order valence-electron chi connectivity index (χ1n) is 9.58. The van der Waals surface area contributed by atoms with Gasteiger partial charge in [-0.05, 0) is 36.2 Å². The van der Waals surface area contributed by atoms with Gasteiger partial charge in [0.05, 0.1) is 0 Å². The van der Waals surface area contributed by atoms with Crippen LogP contribution in [0.5, 0.6) is 0 Å². The molecule has 0 bridgehead atoms. The lowest BCUT2D eigenvalue weighted by Crippen LogP contribution is -2.47. The maximum absolute atomic E-state index is 5.29. The van der Waals surface area contributed by atoms with Gasteiger partial charge in [-0.25, -0.2) is 0 Å². The summed E-state index contributed by atoms with van der Waals surface area (Å²) in [6.45, 7) is 7.28. The van der Waals surface area contributed by atoms with Crippen molar-refractivity contribution in [2.75, 3.05) is 33.9 Å². The summed E-state index contributed by atoms with van der Waals surface area (Å²) in [5.41, 5.74) is 1.78. The van der Waals surface area contributed by atoms with Gasteiger partial charge in [0.1, 0.15) is 0 Å². The van der Waals surface area contributed by atoms with E-state index >= 15 is 0 Å². The highest BCUT2D eigenvalue weighted by Crippen LogP contribution is 2.43. The van der Waals surface area contributed by atoms with E-state index in [2.05, 4.69) is 59.8 Å². The lowest BCUT2D eigenvalue weighted by molar-refractivity contribution is 0.0732. The Morgan fingerprint density at radius 1 is 1.20 bits per heavy atom. The lowest BCUT2D eigenvalue weighted by atomic mass is 9.67. The van der Waals surface area contributed by atoms with Crippen LogP contribution in [-0.4, -0.2) is 39.8 Å². The van der Waals surface area contributed by atoms with Crippen LogP contribution < -0.4 is 10.6 Å². The minimum absolute atomic E-state index is 0.393. The van der Waals surface area contributed by atoms with E-state index in [-0.39, 0.29) is 0 Å². The highest BCUT2D eigenvalue weighted by Gasteiger charge is 2.36. The van der Waals surface area contributed by atoms with Crippen molar-refractivity contribution in [1.29, 1.82) is 0 Å². The molecule has 2 N–H and O–H groups in total. The van der Waals surface area contributed by atoms with Crippen molar-refractivity contribution in [3.63, 3.8) is 0 Å². The van der Waals surface area contributed by atoms with Crippen LogP contribution >= 0.6 is 0 Å². The Morgan fingerprint density at radius 3 is 2.44 bits per heavy atom. The molecule has 0 saturated heterocycles. The normalized spacial score (nSPS) is 17.9. The average Bonchev–Trinajstić information content (AvgIpc) is 2.59. The Balaban J connectivity index is 1.86. The van der Waals surface area contributed by atoms with Gasteiger partial charge in [0.15, 0.2) is 5.96 Å². The largest absolute Gasteiger partial charge is 0.385 e. The lowest BCUT2D eigenvalue weighted by Gasteiger charge is -2.42. The molecular formula is C21H35N3O. The van der Waals surface area contributed by atoms with E-state index in [4.69, 9.17) is 4.74 Å². The molecule has 2 rings (SSSR count). The Bertz CT molecular complexity index is 523. The van der Waals surface area contributed by atoms with Crippen LogP contribution in [-0.2, 0) is 4.74 Å². The van der Waals surface area contributed by atoms with Gasteiger partial charge >= 0.3 is 0 Å². The van der Waals surface area contributed by atoms with Gasteiger partial charge in [-0.3, -0.25) is 4.99 Å². The number of benzene rings is 1. The first kappa shape index (κ1) is 19.8. The monoisotopic (exact) mass is 345 g/mol. The third-order valence-corrected chi connectivity index (χ3v) is 5.63. The molecule has 4 heteroatoms. The number of nitrogens with zero attached hydrogens (tertiary/aromatic N) is 1. The molecule has 4 nitrogen and oxygen atoms in total. The summed E-state index contributed by atoms with van der Waals surface area (Å²) in [6, 6.07) is 10.8. The average molecular weight is 346 g/mol. The van der Waals surface area contributed by atoms with Gasteiger partial charge in [0, 0.05) is 39.8 Å². The second-order valence-corrected chi connectivity index (χ2v) is 7.66. The van der Waals surface area contributed by atoms with Gasteiger partial charge < -0.3 is 15.4 Å². The molecule has 1 fully saturated rings. The highest BCUT2D eigenvalue weighted by molar-refractivity contribution is 5.79. The maximum atomic E-state index is 5.29. The minimum atomic E-state index is 0.393. The molecule has 140 valence electrons. The third kappa shape index (κ3) is 5.74. The smallest absolute Gasteiger partial charge is 0.191 e. The fraction of sp³-hybridized carbons (Fsp3) is 0.667. The zero-order valence-electron chi connectivity index (χ0n) is 16.3. The van der Waals surface area contributed by atoms with E-state index in [1.807, 2.05) is 7.05 Å². The SMILES string of the molecule is CN=C(NCC(c1ccccc1)C(C)C)NCC1(CCOC)CCC1. The second-order valence-electron chi connectivity index (χ2n) is 7.66. The first-order valence-corrected chi connectivity index (χ1v) is 9.58. The molecule has 25 heavy (non-hydrogen) atoms.